The second-order valence-electron chi connectivity index (χ2n) is 3.70. The first kappa shape index (κ1) is 10.2. The summed E-state index contributed by atoms with van der Waals surface area (Å²) in [4.78, 5) is 11.3. The van der Waals surface area contributed by atoms with E-state index >= 15 is 0 Å². The van der Waals surface area contributed by atoms with Crippen LogP contribution >= 0.6 is 0 Å². The molecule has 0 aliphatic heterocycles. The number of Topliss-reactive ketones (excluding diaryl/α,β-unsaturated/α-hetero) is 1. The molecule has 15 heavy (non-hydrogen) atoms. The van der Waals surface area contributed by atoms with Crippen molar-refractivity contribution in [2.24, 2.45) is 0 Å². The first-order valence-corrected chi connectivity index (χ1v) is 4.76. The lowest BCUT2D eigenvalue weighted by Crippen LogP contribution is -2.07. The van der Waals surface area contributed by atoms with Crippen LogP contribution in [0.25, 0.3) is 0 Å². The minimum Gasteiger partial charge on any atom is -0.299 e. The van der Waals surface area contributed by atoms with Crippen LogP contribution in [0.4, 0.5) is 13.2 Å². The highest BCUT2D eigenvalue weighted by Gasteiger charge is 2.29. The number of hydrogen-bond donors (Lipinski definition) is 0. The Morgan fingerprint density at radius 3 is 2.33 bits per heavy atom. The molecule has 0 N–H and O–H groups in total. The van der Waals surface area contributed by atoms with Crippen LogP contribution < -0.4 is 0 Å². The normalized spacial score (nSPS) is 21.0. The third-order valence-electron chi connectivity index (χ3n) is 2.72. The molecular weight excluding hydrogens is 205 g/mol. The predicted molar refractivity (Wildman–Crippen MR) is 47.9 cm³/mol. The molecule has 1 fully saturated rings. The summed E-state index contributed by atoms with van der Waals surface area (Å²) >= 11 is 0. The molecule has 0 amide bonds. The Balaban J connectivity index is 2.43. The summed E-state index contributed by atoms with van der Waals surface area (Å²) in [6.07, 6.45) is 1.59. The minimum atomic E-state index is -1.22. The van der Waals surface area contributed by atoms with Crippen LogP contribution in [0.5, 0.6) is 0 Å². The second kappa shape index (κ2) is 3.68. The molecule has 0 heterocycles. The van der Waals surface area contributed by atoms with Crippen molar-refractivity contribution in [3.63, 3.8) is 0 Å². The monoisotopic (exact) mass is 214 g/mol. The van der Waals surface area contributed by atoms with Crippen molar-refractivity contribution in [1.29, 1.82) is 0 Å². The Hall–Kier alpha value is -1.32. The number of carbonyl (C=O) groups is 1. The molecule has 80 valence electrons. The van der Waals surface area contributed by atoms with Gasteiger partial charge in [0.25, 0.3) is 0 Å². The van der Waals surface area contributed by atoms with Crippen molar-refractivity contribution < 1.29 is 18.0 Å². The molecule has 0 aromatic heterocycles. The highest BCUT2D eigenvalue weighted by Crippen LogP contribution is 2.33. The van der Waals surface area contributed by atoms with Crippen molar-refractivity contribution in [2.45, 2.75) is 25.2 Å². The van der Waals surface area contributed by atoms with E-state index in [0.29, 0.717) is 25.3 Å². The van der Waals surface area contributed by atoms with Crippen LogP contribution in [0, 0.1) is 17.5 Å². The zero-order valence-electron chi connectivity index (χ0n) is 7.90. The van der Waals surface area contributed by atoms with Crippen molar-refractivity contribution in [2.75, 3.05) is 0 Å². The number of ketones is 1. The summed E-state index contributed by atoms with van der Waals surface area (Å²) in [6.45, 7) is 0. The fraction of sp³-hybridized carbons (Fsp3) is 0.364. The predicted octanol–water partition coefficient (Wildman–Crippen LogP) is 2.94. The first-order chi connectivity index (χ1) is 7.09. The van der Waals surface area contributed by atoms with Gasteiger partial charge in [-0.25, -0.2) is 13.2 Å². The molecule has 1 aromatic carbocycles. The van der Waals surface area contributed by atoms with Gasteiger partial charge in [-0.1, -0.05) is 0 Å². The number of halogens is 3. The third-order valence-corrected chi connectivity index (χ3v) is 2.72. The topological polar surface area (TPSA) is 17.1 Å². The van der Waals surface area contributed by atoms with E-state index < -0.39 is 23.4 Å². The molecule has 0 saturated heterocycles. The van der Waals surface area contributed by atoms with E-state index in [0.717, 1.165) is 6.07 Å². The summed E-state index contributed by atoms with van der Waals surface area (Å²) in [7, 11) is 0. The Kier molecular flexibility index (Phi) is 2.50. The van der Waals surface area contributed by atoms with E-state index in [1.807, 2.05) is 0 Å². The second-order valence-corrected chi connectivity index (χ2v) is 3.70. The molecule has 1 saturated carbocycles. The minimum absolute atomic E-state index is 0.0172. The van der Waals surface area contributed by atoms with Crippen molar-refractivity contribution in [3.05, 3.63) is 35.1 Å². The molecular formula is C11H9F3O. The van der Waals surface area contributed by atoms with E-state index in [1.165, 1.54) is 0 Å². The average Bonchev–Trinajstić information content (AvgIpc) is 2.58. The standard InChI is InChI=1S/C11H9F3O/c12-8-5-10(14)9(13)4-7(8)6-2-1-3-11(6)15/h4-6H,1-3H2. The smallest absolute Gasteiger partial charge is 0.161 e. The zero-order valence-corrected chi connectivity index (χ0v) is 7.90. The fourth-order valence-electron chi connectivity index (χ4n) is 1.95. The lowest BCUT2D eigenvalue weighted by molar-refractivity contribution is -0.118. The lowest BCUT2D eigenvalue weighted by atomic mass is 9.96. The van der Waals surface area contributed by atoms with Gasteiger partial charge >= 0.3 is 0 Å². The molecule has 1 atom stereocenters. The van der Waals surface area contributed by atoms with Gasteiger partial charge in [0.1, 0.15) is 11.6 Å². The van der Waals surface area contributed by atoms with E-state index in [4.69, 9.17) is 0 Å². The van der Waals surface area contributed by atoms with Crippen LogP contribution in [-0.4, -0.2) is 5.78 Å². The van der Waals surface area contributed by atoms with Crippen LogP contribution in [0.1, 0.15) is 30.7 Å². The Labute approximate surface area is 84.9 Å². The van der Waals surface area contributed by atoms with Crippen LogP contribution in [-0.2, 0) is 4.79 Å². The highest BCUT2D eigenvalue weighted by molar-refractivity contribution is 5.87. The van der Waals surface area contributed by atoms with Gasteiger partial charge < -0.3 is 0 Å². The maximum absolute atomic E-state index is 13.3. The van der Waals surface area contributed by atoms with Crippen molar-refractivity contribution in [3.8, 4) is 0 Å². The molecule has 0 bridgehead atoms. The molecule has 1 aliphatic rings. The van der Waals surface area contributed by atoms with Crippen LogP contribution in [0.2, 0.25) is 0 Å². The number of carbonyl (C=O) groups excluding carboxylic acids is 1. The number of benzene rings is 1. The van der Waals surface area contributed by atoms with Gasteiger partial charge in [0, 0.05) is 24.0 Å². The van der Waals surface area contributed by atoms with Gasteiger partial charge in [0.05, 0.1) is 0 Å². The molecule has 1 unspecified atom stereocenters. The number of rotatable bonds is 1. The van der Waals surface area contributed by atoms with Crippen LogP contribution in [0.3, 0.4) is 0 Å². The average molecular weight is 214 g/mol. The van der Waals surface area contributed by atoms with E-state index in [9.17, 15) is 18.0 Å². The van der Waals surface area contributed by atoms with Crippen molar-refractivity contribution in [1.82, 2.24) is 0 Å². The molecule has 0 radical (unpaired) electrons. The van der Waals surface area contributed by atoms with E-state index in [-0.39, 0.29) is 11.3 Å². The van der Waals surface area contributed by atoms with Gasteiger partial charge in [-0.05, 0) is 18.9 Å². The van der Waals surface area contributed by atoms with Crippen molar-refractivity contribution >= 4 is 5.78 Å². The summed E-state index contributed by atoms with van der Waals surface area (Å²) in [5.74, 6) is -3.86. The molecule has 2 rings (SSSR count). The summed E-state index contributed by atoms with van der Waals surface area (Å²) < 4.78 is 38.8. The quantitative estimate of drug-likeness (QED) is 0.657. The largest absolute Gasteiger partial charge is 0.299 e. The zero-order chi connectivity index (χ0) is 11.0. The van der Waals surface area contributed by atoms with E-state index in [1.54, 1.807) is 0 Å². The molecule has 0 spiro atoms. The summed E-state index contributed by atoms with van der Waals surface area (Å²) in [5, 5.41) is 0. The molecule has 1 aliphatic carbocycles. The summed E-state index contributed by atoms with van der Waals surface area (Å²) in [5.41, 5.74) is -0.0172. The Morgan fingerprint density at radius 1 is 1.07 bits per heavy atom. The van der Waals surface area contributed by atoms with Crippen LogP contribution in [0.15, 0.2) is 12.1 Å². The molecule has 4 heteroatoms. The Bertz CT molecular complexity index is 415. The highest BCUT2D eigenvalue weighted by atomic mass is 19.2. The molecule has 1 nitrogen and oxygen atoms in total. The third kappa shape index (κ3) is 1.76. The molecule has 1 aromatic rings. The fourth-order valence-corrected chi connectivity index (χ4v) is 1.95. The van der Waals surface area contributed by atoms with Gasteiger partial charge in [0.2, 0.25) is 0 Å². The first-order valence-electron chi connectivity index (χ1n) is 4.76. The maximum Gasteiger partial charge on any atom is 0.161 e. The maximum atomic E-state index is 13.3. The van der Waals surface area contributed by atoms with Gasteiger partial charge in [-0.15, -0.1) is 0 Å². The number of hydrogen-bond acceptors (Lipinski definition) is 1. The van der Waals surface area contributed by atoms with Gasteiger partial charge in [0.15, 0.2) is 11.6 Å². The Morgan fingerprint density at radius 2 is 1.73 bits per heavy atom. The van der Waals surface area contributed by atoms with E-state index in [2.05, 4.69) is 0 Å². The lowest BCUT2D eigenvalue weighted by Gasteiger charge is -2.09. The van der Waals surface area contributed by atoms with Gasteiger partial charge in [-0.3, -0.25) is 4.79 Å². The SMILES string of the molecule is O=C1CCCC1c1cc(F)c(F)cc1F. The summed E-state index contributed by atoms with van der Waals surface area (Å²) in [6, 6.07) is 1.29. The van der Waals surface area contributed by atoms with Gasteiger partial charge in [-0.2, -0.15) is 0 Å².